The number of fused-ring (bicyclic) bond motifs is 7. The first-order chi connectivity index (χ1) is 25.7. The topological polar surface area (TPSA) is 6.48 Å². The van der Waals surface area contributed by atoms with E-state index in [-0.39, 0.29) is 28.4 Å². The van der Waals surface area contributed by atoms with Crippen molar-refractivity contribution in [2.45, 2.75) is 125 Å². The molecule has 3 heterocycles. The highest BCUT2D eigenvalue weighted by Crippen LogP contribution is 2.52. The van der Waals surface area contributed by atoms with Crippen LogP contribution in [-0.4, -0.2) is 6.71 Å². The molecule has 0 saturated heterocycles. The molecule has 280 valence electrons. The smallest absolute Gasteiger partial charge is 0.264 e. The summed E-state index contributed by atoms with van der Waals surface area (Å²) in [5.74, 6) is 0. The molecule has 0 saturated carbocycles. The summed E-state index contributed by atoms with van der Waals surface area (Å²) in [6, 6.07) is 34.0. The molecule has 6 aromatic rings. The van der Waals surface area contributed by atoms with Gasteiger partial charge < -0.3 is 9.80 Å². The Bertz CT molecular complexity index is 2550. The fraction of sp³-hybridized carbons (Fsp3) is 0.373. The minimum atomic E-state index is 0.0415. The van der Waals surface area contributed by atoms with Gasteiger partial charge in [-0.05, 0) is 148 Å². The molecule has 55 heavy (non-hydrogen) atoms. The van der Waals surface area contributed by atoms with Crippen molar-refractivity contribution in [3.05, 3.63) is 124 Å². The predicted octanol–water partition coefficient (Wildman–Crippen LogP) is 12.9. The highest BCUT2D eigenvalue weighted by atomic mass is 32.1. The number of thiophene rings is 1. The fourth-order valence-corrected chi connectivity index (χ4v) is 11.1. The van der Waals surface area contributed by atoms with Crippen LogP contribution >= 0.6 is 11.3 Å². The molecule has 2 aliphatic heterocycles. The molecule has 9 rings (SSSR count). The van der Waals surface area contributed by atoms with Gasteiger partial charge in [-0.15, -0.1) is 11.3 Å². The maximum absolute atomic E-state index is 2.67. The summed E-state index contributed by atoms with van der Waals surface area (Å²) in [7, 11) is 0. The molecule has 0 fully saturated rings. The summed E-state index contributed by atoms with van der Waals surface area (Å²) in [5.41, 5.74) is 20.6. The summed E-state index contributed by atoms with van der Waals surface area (Å²) in [6.45, 7) is 30.7. The SMILES string of the molecule is Cc1ccc(N2c3cc4c(cc3B3c5sc6ccc(C(C)(C)C)cc6c5N(c5ccc(C(C)(C)C)cc5)c5cc(C)cc2c53)C(C)(C)CCC4(C)C)c(C)c1. The average molecular weight is 741 g/mol. The lowest BCUT2D eigenvalue weighted by molar-refractivity contribution is 0.332. The van der Waals surface area contributed by atoms with Gasteiger partial charge in [-0.1, -0.05) is 111 Å². The maximum Gasteiger partial charge on any atom is 0.264 e. The van der Waals surface area contributed by atoms with Gasteiger partial charge in [0.15, 0.2) is 0 Å². The zero-order valence-corrected chi connectivity index (χ0v) is 36.2. The molecule has 4 heteroatoms. The second kappa shape index (κ2) is 11.9. The molecule has 1 aliphatic carbocycles. The van der Waals surface area contributed by atoms with Crippen molar-refractivity contribution in [1.82, 2.24) is 0 Å². The molecule has 1 aromatic heterocycles. The van der Waals surface area contributed by atoms with Gasteiger partial charge in [-0.3, -0.25) is 0 Å². The minimum absolute atomic E-state index is 0.0415. The number of benzene rings is 5. The number of hydrogen-bond acceptors (Lipinski definition) is 3. The number of aryl methyl sites for hydroxylation is 3. The van der Waals surface area contributed by atoms with Gasteiger partial charge in [0.25, 0.3) is 6.71 Å². The van der Waals surface area contributed by atoms with Crippen LogP contribution in [0.15, 0.2) is 84.9 Å². The summed E-state index contributed by atoms with van der Waals surface area (Å²) >= 11 is 2.01. The van der Waals surface area contributed by atoms with E-state index < -0.39 is 0 Å². The molecule has 2 nitrogen and oxygen atoms in total. The van der Waals surface area contributed by atoms with Crippen molar-refractivity contribution in [2.24, 2.45) is 0 Å². The standard InChI is InChI=1S/C51H57BN2S/c1-30-14-20-40(32(3)24-30)54-41-29-38-37(50(10,11)22-23-51(38,12)13)28-39(41)52-45-42(25-31(2)26-43(45)54)53(35-18-15-33(16-19-35)48(4,5)6)46-36-27-34(49(7,8)9)17-21-44(36)55-47(46)52/h14-21,24-29H,22-23H2,1-13H3. The van der Waals surface area contributed by atoms with Crippen molar-refractivity contribution in [3.63, 3.8) is 0 Å². The minimum Gasteiger partial charge on any atom is -0.311 e. The lowest BCUT2D eigenvalue weighted by Gasteiger charge is -2.47. The van der Waals surface area contributed by atoms with Crippen molar-refractivity contribution in [1.29, 1.82) is 0 Å². The van der Waals surface area contributed by atoms with Crippen LogP contribution < -0.4 is 25.5 Å². The van der Waals surface area contributed by atoms with E-state index in [4.69, 9.17) is 0 Å². The molecule has 0 spiro atoms. The molecule has 0 N–H and O–H groups in total. The van der Waals surface area contributed by atoms with Gasteiger partial charge in [0.1, 0.15) is 0 Å². The highest BCUT2D eigenvalue weighted by Gasteiger charge is 2.48. The van der Waals surface area contributed by atoms with E-state index in [9.17, 15) is 0 Å². The third kappa shape index (κ3) is 5.56. The van der Waals surface area contributed by atoms with Gasteiger partial charge in [0.2, 0.25) is 0 Å². The van der Waals surface area contributed by atoms with Gasteiger partial charge in [-0.25, -0.2) is 0 Å². The van der Waals surface area contributed by atoms with Gasteiger partial charge >= 0.3 is 0 Å². The van der Waals surface area contributed by atoms with Crippen LogP contribution in [0, 0.1) is 20.8 Å². The van der Waals surface area contributed by atoms with E-state index in [1.54, 1.807) is 0 Å². The normalized spacial score (nSPS) is 16.9. The highest BCUT2D eigenvalue weighted by molar-refractivity contribution is 7.33. The summed E-state index contributed by atoms with van der Waals surface area (Å²) in [6.07, 6.45) is 2.39. The number of nitrogens with zero attached hydrogens (tertiary/aromatic N) is 2. The second-order valence-electron chi connectivity index (χ2n) is 20.4. The first-order valence-electron chi connectivity index (χ1n) is 20.4. The van der Waals surface area contributed by atoms with Gasteiger partial charge in [0.05, 0.1) is 5.69 Å². The van der Waals surface area contributed by atoms with Crippen LogP contribution in [0.1, 0.15) is 121 Å². The molecule has 0 amide bonds. The Labute approximate surface area is 334 Å². The van der Waals surface area contributed by atoms with Crippen molar-refractivity contribution >= 4 is 78.0 Å². The van der Waals surface area contributed by atoms with E-state index in [0.29, 0.717) is 0 Å². The Morgan fingerprint density at radius 1 is 0.582 bits per heavy atom. The second-order valence-corrected chi connectivity index (χ2v) is 21.5. The molecule has 5 aromatic carbocycles. The zero-order valence-electron chi connectivity index (χ0n) is 35.4. The number of rotatable bonds is 2. The first kappa shape index (κ1) is 36.4. The van der Waals surface area contributed by atoms with Gasteiger partial charge in [-0.2, -0.15) is 0 Å². The Morgan fingerprint density at radius 3 is 1.80 bits per heavy atom. The van der Waals surface area contributed by atoms with Crippen LogP contribution in [0.4, 0.5) is 34.1 Å². The maximum atomic E-state index is 2.67. The number of hydrogen-bond donors (Lipinski definition) is 0. The Kier molecular flexibility index (Phi) is 7.85. The summed E-state index contributed by atoms with van der Waals surface area (Å²) in [5, 5.41) is 1.36. The predicted molar refractivity (Wildman–Crippen MR) is 243 cm³/mol. The average Bonchev–Trinajstić information content (AvgIpc) is 3.48. The summed E-state index contributed by atoms with van der Waals surface area (Å²) in [4.78, 5) is 5.27. The van der Waals surface area contributed by atoms with Crippen molar-refractivity contribution in [2.75, 3.05) is 9.80 Å². The van der Waals surface area contributed by atoms with E-state index >= 15 is 0 Å². The van der Waals surface area contributed by atoms with Crippen LogP contribution in [0.5, 0.6) is 0 Å². The van der Waals surface area contributed by atoms with Crippen LogP contribution in [0.3, 0.4) is 0 Å². The van der Waals surface area contributed by atoms with E-state index in [0.717, 1.165) is 0 Å². The number of anilines is 6. The lowest BCUT2D eigenvalue weighted by Crippen LogP contribution is -2.61. The molecular formula is C51H57BN2S. The zero-order chi connectivity index (χ0) is 39.1. The van der Waals surface area contributed by atoms with E-state index in [2.05, 4.69) is 185 Å². The van der Waals surface area contributed by atoms with Crippen LogP contribution in [0.2, 0.25) is 0 Å². The molecule has 0 unspecified atom stereocenters. The Morgan fingerprint density at radius 2 is 1.18 bits per heavy atom. The van der Waals surface area contributed by atoms with Crippen molar-refractivity contribution in [3.8, 4) is 0 Å². The molecule has 0 bridgehead atoms. The quantitative estimate of drug-likeness (QED) is 0.163. The van der Waals surface area contributed by atoms with Crippen LogP contribution in [0.25, 0.3) is 10.1 Å². The van der Waals surface area contributed by atoms with Crippen LogP contribution in [-0.2, 0) is 21.7 Å². The molecule has 0 atom stereocenters. The third-order valence-electron chi connectivity index (χ3n) is 13.2. The van der Waals surface area contributed by atoms with Gasteiger partial charge in [0, 0.05) is 43.3 Å². The fourth-order valence-electron chi connectivity index (χ4n) is 9.84. The van der Waals surface area contributed by atoms with Crippen molar-refractivity contribution < 1.29 is 0 Å². The third-order valence-corrected chi connectivity index (χ3v) is 14.5. The molecule has 3 aliphatic rings. The monoisotopic (exact) mass is 740 g/mol. The Balaban J connectivity index is 1.43. The van der Waals surface area contributed by atoms with E-state index in [1.807, 2.05) is 11.3 Å². The lowest BCUT2D eigenvalue weighted by atomic mass is 9.35. The summed E-state index contributed by atoms with van der Waals surface area (Å²) < 4.78 is 2.81. The first-order valence-corrected chi connectivity index (χ1v) is 21.2. The molecule has 0 radical (unpaired) electrons. The molecular weight excluding hydrogens is 683 g/mol. The largest absolute Gasteiger partial charge is 0.311 e. The Hall–Kier alpha value is -4.28. The van der Waals surface area contributed by atoms with E-state index in [1.165, 1.54) is 112 Å².